The molecule has 1 rings (SSSR count). The van der Waals surface area contributed by atoms with E-state index < -0.39 is 0 Å². The van der Waals surface area contributed by atoms with Crippen molar-refractivity contribution in [3.05, 3.63) is 34.3 Å². The van der Waals surface area contributed by atoms with Crippen LogP contribution in [0.25, 0.3) is 0 Å². The molecule has 0 aliphatic carbocycles. The Morgan fingerprint density at radius 3 is 1.89 bits per heavy atom. The van der Waals surface area contributed by atoms with Crippen molar-refractivity contribution in [3.63, 3.8) is 0 Å². The average Bonchev–Trinajstić information content (AvgIpc) is 1.77. The molecule has 2 heteroatoms. The molecule has 0 unspecified atom stereocenters. The normalized spacial score (nSPS) is 8.22. The van der Waals surface area contributed by atoms with E-state index in [-0.39, 0.29) is 29.6 Å². The molecule has 0 bridgehead atoms. The molecule has 0 aromatic heterocycles. The molecule has 9 heavy (non-hydrogen) atoms. The second kappa shape index (κ2) is 4.51. The molecule has 0 atom stereocenters. The van der Waals surface area contributed by atoms with Gasteiger partial charge in [0.05, 0.1) is 0 Å². The number of halogens is 1. The van der Waals surface area contributed by atoms with Gasteiger partial charge >= 0.3 is 29.6 Å². The first kappa shape index (κ1) is 9.70. The van der Waals surface area contributed by atoms with Crippen LogP contribution in [-0.2, 0) is 0 Å². The van der Waals surface area contributed by atoms with Crippen LogP contribution >= 0.6 is 15.9 Å². The fraction of sp³-hybridized carbons (Fsp3) is 0.143. The Kier molecular flexibility index (Phi) is 4.86. The zero-order chi connectivity index (χ0) is 5.98. The fourth-order valence-corrected chi connectivity index (χ4v) is 0.798. The molecule has 0 amide bonds. The molecule has 0 N–H and O–H groups in total. The van der Waals surface area contributed by atoms with Gasteiger partial charge in [-0.05, 0) is 19.1 Å². The van der Waals surface area contributed by atoms with Crippen LogP contribution in [0.15, 0.2) is 28.7 Å². The molecule has 0 aliphatic heterocycles. The van der Waals surface area contributed by atoms with Crippen molar-refractivity contribution in [1.82, 2.24) is 0 Å². The summed E-state index contributed by atoms with van der Waals surface area (Å²) < 4.78 is 1.14. The summed E-state index contributed by atoms with van der Waals surface area (Å²) in [7, 11) is 0. The second-order valence-electron chi connectivity index (χ2n) is 1.80. The molecule has 0 fully saturated rings. The van der Waals surface area contributed by atoms with Crippen molar-refractivity contribution >= 4 is 45.5 Å². The van der Waals surface area contributed by atoms with Gasteiger partial charge in [-0.25, -0.2) is 0 Å². The number of benzene rings is 1. The number of rotatable bonds is 0. The summed E-state index contributed by atoms with van der Waals surface area (Å²) in [5.41, 5.74) is 1.30. The van der Waals surface area contributed by atoms with Gasteiger partial charge in [0.2, 0.25) is 0 Å². The van der Waals surface area contributed by atoms with E-state index in [2.05, 4.69) is 35.0 Å². The standard InChI is InChI=1S/C7H7Br.Na.H/c1-6-2-4-7(8)5-3-6;;/h2-5H,1H3;;. The minimum atomic E-state index is 0. The van der Waals surface area contributed by atoms with Crippen molar-refractivity contribution in [1.29, 1.82) is 0 Å². The van der Waals surface area contributed by atoms with E-state index in [0.29, 0.717) is 0 Å². The van der Waals surface area contributed by atoms with Gasteiger partial charge < -0.3 is 0 Å². The third kappa shape index (κ3) is 3.41. The van der Waals surface area contributed by atoms with Gasteiger partial charge in [-0.2, -0.15) is 0 Å². The SMILES string of the molecule is Cc1ccc(Br)cc1.[NaH]. The van der Waals surface area contributed by atoms with Crippen molar-refractivity contribution < 1.29 is 0 Å². The molecular weight excluding hydrogens is 187 g/mol. The van der Waals surface area contributed by atoms with E-state index in [1.54, 1.807) is 0 Å². The summed E-state index contributed by atoms with van der Waals surface area (Å²) in [6, 6.07) is 8.22. The predicted molar refractivity (Wildman–Crippen MR) is 46.0 cm³/mol. The average molecular weight is 195 g/mol. The van der Waals surface area contributed by atoms with Gasteiger partial charge in [0.25, 0.3) is 0 Å². The monoisotopic (exact) mass is 194 g/mol. The summed E-state index contributed by atoms with van der Waals surface area (Å²) in [5, 5.41) is 0. The summed E-state index contributed by atoms with van der Waals surface area (Å²) in [4.78, 5) is 0. The van der Waals surface area contributed by atoms with E-state index in [1.807, 2.05) is 12.1 Å². The Balaban J connectivity index is 0.000000640. The van der Waals surface area contributed by atoms with Crippen LogP contribution in [0.3, 0.4) is 0 Å². The molecule has 44 valence electrons. The van der Waals surface area contributed by atoms with Crippen LogP contribution in [0.1, 0.15) is 5.56 Å². The van der Waals surface area contributed by atoms with Crippen molar-refractivity contribution in [2.75, 3.05) is 0 Å². The zero-order valence-electron chi connectivity index (χ0n) is 4.69. The van der Waals surface area contributed by atoms with E-state index in [4.69, 9.17) is 0 Å². The molecule has 0 saturated carbocycles. The van der Waals surface area contributed by atoms with Gasteiger partial charge in [0, 0.05) is 4.47 Å². The molecule has 0 aliphatic rings. The van der Waals surface area contributed by atoms with Gasteiger partial charge in [0.15, 0.2) is 0 Å². The molecule has 0 nitrogen and oxygen atoms in total. The minimum absolute atomic E-state index is 0. The molecule has 0 heterocycles. The zero-order valence-corrected chi connectivity index (χ0v) is 6.27. The first-order valence-corrected chi connectivity index (χ1v) is 3.30. The number of hydrogen-bond donors (Lipinski definition) is 0. The van der Waals surface area contributed by atoms with Crippen LogP contribution in [-0.4, -0.2) is 29.6 Å². The van der Waals surface area contributed by atoms with Crippen LogP contribution in [0.2, 0.25) is 0 Å². The predicted octanol–water partition coefficient (Wildman–Crippen LogP) is 2.11. The van der Waals surface area contributed by atoms with Crippen molar-refractivity contribution in [2.45, 2.75) is 6.92 Å². The van der Waals surface area contributed by atoms with Crippen molar-refractivity contribution in [3.8, 4) is 0 Å². The van der Waals surface area contributed by atoms with Gasteiger partial charge in [0.1, 0.15) is 0 Å². The summed E-state index contributed by atoms with van der Waals surface area (Å²) in [5.74, 6) is 0. The van der Waals surface area contributed by atoms with Crippen LogP contribution in [0.4, 0.5) is 0 Å². The number of hydrogen-bond acceptors (Lipinski definition) is 0. The molecule has 1 aromatic carbocycles. The maximum absolute atomic E-state index is 3.35. The Hall–Kier alpha value is 0.700. The molecule has 0 radical (unpaired) electrons. The quantitative estimate of drug-likeness (QED) is 0.556. The maximum atomic E-state index is 3.35. The molecule has 1 aromatic rings. The Morgan fingerprint density at radius 2 is 1.56 bits per heavy atom. The molecule has 0 saturated heterocycles. The Labute approximate surface area is 86.1 Å². The van der Waals surface area contributed by atoms with E-state index in [9.17, 15) is 0 Å². The number of aryl methyl sites for hydroxylation is 1. The molecular formula is C7H8BrNa. The van der Waals surface area contributed by atoms with Gasteiger partial charge in [-0.15, -0.1) is 0 Å². The van der Waals surface area contributed by atoms with Crippen molar-refractivity contribution in [2.24, 2.45) is 0 Å². The topological polar surface area (TPSA) is 0 Å². The van der Waals surface area contributed by atoms with E-state index in [0.717, 1.165) is 4.47 Å². The first-order chi connectivity index (χ1) is 3.79. The second-order valence-corrected chi connectivity index (χ2v) is 2.71. The Morgan fingerprint density at radius 1 is 1.11 bits per heavy atom. The first-order valence-electron chi connectivity index (χ1n) is 2.51. The summed E-state index contributed by atoms with van der Waals surface area (Å²) in [6.07, 6.45) is 0. The van der Waals surface area contributed by atoms with E-state index in [1.165, 1.54) is 5.56 Å². The fourth-order valence-electron chi connectivity index (χ4n) is 0.533. The summed E-state index contributed by atoms with van der Waals surface area (Å²) >= 11 is 3.35. The van der Waals surface area contributed by atoms with Crippen LogP contribution in [0, 0.1) is 6.92 Å². The van der Waals surface area contributed by atoms with Crippen LogP contribution < -0.4 is 0 Å². The van der Waals surface area contributed by atoms with Crippen LogP contribution in [0.5, 0.6) is 0 Å². The Bertz CT molecular complexity index is 148. The third-order valence-corrected chi connectivity index (χ3v) is 1.54. The third-order valence-electron chi connectivity index (χ3n) is 1.01. The summed E-state index contributed by atoms with van der Waals surface area (Å²) in [6.45, 7) is 2.08. The van der Waals surface area contributed by atoms with Gasteiger partial charge in [-0.3, -0.25) is 0 Å². The van der Waals surface area contributed by atoms with Gasteiger partial charge in [-0.1, -0.05) is 33.6 Å². The van der Waals surface area contributed by atoms with E-state index >= 15 is 0 Å². The molecule has 0 spiro atoms.